The number of hydrogen-bond donors (Lipinski definition) is 1. The maximum absolute atomic E-state index is 14.1. The molecule has 0 aromatic heterocycles. The first-order chi connectivity index (χ1) is 11.6. The second-order valence-corrected chi connectivity index (χ2v) is 6.24. The van der Waals surface area contributed by atoms with E-state index in [9.17, 15) is 14.5 Å². The minimum Gasteiger partial charge on any atom is -0.330 e. The van der Waals surface area contributed by atoms with Crippen LogP contribution in [-0.2, 0) is 6.54 Å². The molecular weight excluding hydrogens is 345 g/mol. The van der Waals surface area contributed by atoms with E-state index in [4.69, 9.17) is 5.73 Å². The van der Waals surface area contributed by atoms with E-state index in [1.165, 1.54) is 17.7 Å². The molecule has 0 bridgehead atoms. The average Bonchev–Trinajstić information content (AvgIpc) is 3.00. The molecule has 2 N–H and O–H groups in total. The maximum Gasteiger partial charge on any atom is 0.272 e. The molecule has 2 atom stereocenters. The molecule has 7 heteroatoms. The molecule has 1 fully saturated rings. The van der Waals surface area contributed by atoms with E-state index in [1.807, 2.05) is 18.2 Å². The van der Waals surface area contributed by atoms with Gasteiger partial charge in [0.2, 0.25) is 0 Å². The summed E-state index contributed by atoms with van der Waals surface area (Å²) in [6.07, 6.45) is 0. The Hall–Kier alpha value is -2.02. The third kappa shape index (κ3) is 4.34. The number of nitro benzene ring substituents is 1. The number of likely N-dealkylation sites (tertiary alicyclic amines) is 1. The van der Waals surface area contributed by atoms with E-state index in [0.717, 1.165) is 19.2 Å². The fraction of sp³-hybridized carbons (Fsp3) is 0.333. The molecule has 0 radical (unpaired) electrons. The van der Waals surface area contributed by atoms with Gasteiger partial charge in [-0.15, -0.1) is 12.4 Å². The minimum atomic E-state index is -0.585. The molecule has 1 heterocycles. The second kappa shape index (κ2) is 8.38. The van der Waals surface area contributed by atoms with Crippen molar-refractivity contribution >= 4 is 18.1 Å². The summed E-state index contributed by atoms with van der Waals surface area (Å²) in [5, 5.41) is 10.7. The van der Waals surface area contributed by atoms with Crippen molar-refractivity contribution in [3.63, 3.8) is 0 Å². The summed E-state index contributed by atoms with van der Waals surface area (Å²) >= 11 is 0. The number of nitro groups is 1. The van der Waals surface area contributed by atoms with Crippen molar-refractivity contribution in [2.75, 3.05) is 19.6 Å². The van der Waals surface area contributed by atoms with E-state index in [2.05, 4.69) is 17.0 Å². The number of non-ortho nitro benzene ring substituents is 1. The quantitative estimate of drug-likeness (QED) is 0.651. The number of halogens is 2. The molecule has 1 saturated heterocycles. The predicted octanol–water partition coefficient (Wildman–Crippen LogP) is 3.33. The Morgan fingerprint density at radius 1 is 1.20 bits per heavy atom. The molecule has 1 aliphatic rings. The molecule has 2 aromatic rings. The Kier molecular flexibility index (Phi) is 6.47. The number of rotatable bonds is 5. The zero-order valence-corrected chi connectivity index (χ0v) is 14.5. The van der Waals surface area contributed by atoms with Crippen LogP contribution >= 0.6 is 12.4 Å². The standard InChI is InChI=1S/C18H20FN3O2.ClH/c19-18-8-16(22(23)24)7-6-14(18)10-21-11-15(9-20)17(12-21)13-4-2-1-3-5-13;/h1-8,15,17H,9-12,20H2;1H/t15-,17+;/m1./s1. The molecule has 0 amide bonds. The highest BCUT2D eigenvalue weighted by atomic mass is 35.5. The topological polar surface area (TPSA) is 72.4 Å². The van der Waals surface area contributed by atoms with Crippen molar-refractivity contribution in [2.24, 2.45) is 11.7 Å². The molecule has 0 aliphatic carbocycles. The van der Waals surface area contributed by atoms with Crippen molar-refractivity contribution in [3.8, 4) is 0 Å². The Morgan fingerprint density at radius 3 is 2.52 bits per heavy atom. The van der Waals surface area contributed by atoms with E-state index in [-0.39, 0.29) is 18.1 Å². The smallest absolute Gasteiger partial charge is 0.272 e. The van der Waals surface area contributed by atoms with Gasteiger partial charge in [0, 0.05) is 37.2 Å². The van der Waals surface area contributed by atoms with Gasteiger partial charge in [0.05, 0.1) is 11.0 Å². The van der Waals surface area contributed by atoms with Crippen LogP contribution in [0.25, 0.3) is 0 Å². The third-order valence-electron chi connectivity index (χ3n) is 4.69. The van der Waals surface area contributed by atoms with Crippen LogP contribution in [0.2, 0.25) is 0 Å². The van der Waals surface area contributed by atoms with Gasteiger partial charge in [0.1, 0.15) is 5.82 Å². The van der Waals surface area contributed by atoms with Gasteiger partial charge in [0.25, 0.3) is 5.69 Å². The summed E-state index contributed by atoms with van der Waals surface area (Å²) in [5.74, 6) is 0.127. The Bertz CT molecular complexity index is 730. The Balaban J connectivity index is 0.00000225. The van der Waals surface area contributed by atoms with Gasteiger partial charge in [-0.3, -0.25) is 15.0 Å². The van der Waals surface area contributed by atoms with Gasteiger partial charge in [0.15, 0.2) is 0 Å². The number of hydrogen-bond acceptors (Lipinski definition) is 4. The summed E-state index contributed by atoms with van der Waals surface area (Å²) in [7, 11) is 0. The highest BCUT2D eigenvalue weighted by Crippen LogP contribution is 2.33. The highest BCUT2D eigenvalue weighted by Gasteiger charge is 2.33. The van der Waals surface area contributed by atoms with Gasteiger partial charge in [-0.2, -0.15) is 0 Å². The van der Waals surface area contributed by atoms with Gasteiger partial charge < -0.3 is 5.73 Å². The zero-order valence-electron chi connectivity index (χ0n) is 13.7. The van der Waals surface area contributed by atoms with Gasteiger partial charge in [-0.25, -0.2) is 4.39 Å². The fourth-order valence-corrected chi connectivity index (χ4v) is 3.43. The lowest BCUT2D eigenvalue weighted by Gasteiger charge is -2.17. The van der Waals surface area contributed by atoms with Crippen molar-refractivity contribution in [2.45, 2.75) is 12.5 Å². The maximum atomic E-state index is 14.1. The van der Waals surface area contributed by atoms with Crippen molar-refractivity contribution < 1.29 is 9.31 Å². The third-order valence-corrected chi connectivity index (χ3v) is 4.69. The van der Waals surface area contributed by atoms with Crippen LogP contribution in [0.1, 0.15) is 17.0 Å². The Morgan fingerprint density at radius 2 is 1.92 bits per heavy atom. The normalized spacial score (nSPS) is 20.2. The van der Waals surface area contributed by atoms with Gasteiger partial charge in [-0.1, -0.05) is 30.3 Å². The largest absolute Gasteiger partial charge is 0.330 e. The lowest BCUT2D eigenvalue weighted by molar-refractivity contribution is -0.385. The van der Waals surface area contributed by atoms with E-state index < -0.39 is 10.7 Å². The van der Waals surface area contributed by atoms with Gasteiger partial charge >= 0.3 is 0 Å². The number of nitrogens with two attached hydrogens (primary N) is 1. The summed E-state index contributed by atoms with van der Waals surface area (Å²) in [6, 6.07) is 14.1. The SMILES string of the molecule is Cl.NC[C@@H]1CN(Cc2ccc([N+](=O)[O-])cc2F)C[C@H]1c1ccccc1. The lowest BCUT2D eigenvalue weighted by atomic mass is 9.89. The van der Waals surface area contributed by atoms with Crippen LogP contribution in [0.4, 0.5) is 10.1 Å². The van der Waals surface area contributed by atoms with Crippen molar-refractivity contribution in [1.29, 1.82) is 0 Å². The zero-order chi connectivity index (χ0) is 17.1. The molecule has 0 unspecified atom stereocenters. The average molecular weight is 366 g/mol. The molecular formula is C18H21ClFN3O2. The van der Waals surface area contributed by atoms with Crippen LogP contribution in [-0.4, -0.2) is 29.5 Å². The fourth-order valence-electron chi connectivity index (χ4n) is 3.43. The van der Waals surface area contributed by atoms with Gasteiger partial charge in [-0.05, 0) is 24.1 Å². The first-order valence-corrected chi connectivity index (χ1v) is 7.98. The molecule has 2 aromatic carbocycles. The van der Waals surface area contributed by atoms with Crippen LogP contribution in [0.3, 0.4) is 0 Å². The molecule has 25 heavy (non-hydrogen) atoms. The molecule has 5 nitrogen and oxygen atoms in total. The lowest BCUT2D eigenvalue weighted by Crippen LogP contribution is -2.23. The molecule has 1 aliphatic heterocycles. The number of benzene rings is 2. The summed E-state index contributed by atoms with van der Waals surface area (Å²) in [4.78, 5) is 12.3. The second-order valence-electron chi connectivity index (χ2n) is 6.24. The van der Waals surface area contributed by atoms with Crippen molar-refractivity contribution in [3.05, 3.63) is 75.6 Å². The van der Waals surface area contributed by atoms with E-state index in [0.29, 0.717) is 30.5 Å². The van der Waals surface area contributed by atoms with Crippen LogP contribution in [0, 0.1) is 21.8 Å². The van der Waals surface area contributed by atoms with E-state index >= 15 is 0 Å². The van der Waals surface area contributed by atoms with Crippen LogP contribution in [0.5, 0.6) is 0 Å². The summed E-state index contributed by atoms with van der Waals surface area (Å²) in [6.45, 7) is 2.62. The summed E-state index contributed by atoms with van der Waals surface area (Å²) < 4.78 is 14.1. The molecule has 0 saturated carbocycles. The molecule has 134 valence electrons. The molecule has 0 spiro atoms. The predicted molar refractivity (Wildman–Crippen MR) is 97.3 cm³/mol. The monoisotopic (exact) mass is 365 g/mol. The van der Waals surface area contributed by atoms with Crippen LogP contribution < -0.4 is 5.73 Å². The van der Waals surface area contributed by atoms with Crippen molar-refractivity contribution in [1.82, 2.24) is 4.90 Å². The molecule has 3 rings (SSSR count). The minimum absolute atomic E-state index is 0. The van der Waals surface area contributed by atoms with Crippen LogP contribution in [0.15, 0.2) is 48.5 Å². The number of nitrogens with zero attached hydrogens (tertiary/aromatic N) is 2. The summed E-state index contributed by atoms with van der Waals surface area (Å²) in [5.41, 5.74) is 7.43. The van der Waals surface area contributed by atoms with E-state index in [1.54, 1.807) is 0 Å². The first-order valence-electron chi connectivity index (χ1n) is 7.98. The first kappa shape index (κ1) is 19.3. The Labute approximate surface area is 152 Å². The highest BCUT2D eigenvalue weighted by molar-refractivity contribution is 5.85.